The maximum Gasteiger partial charge on any atom is 0.191 e. The Balaban J connectivity index is 0.00000364. The van der Waals surface area contributed by atoms with E-state index in [4.69, 9.17) is 9.73 Å². The van der Waals surface area contributed by atoms with E-state index in [-0.39, 0.29) is 24.0 Å². The summed E-state index contributed by atoms with van der Waals surface area (Å²) in [7, 11) is 3.92. The number of ether oxygens (including phenoxy) is 1. The monoisotopic (exact) mass is 489 g/mol. The van der Waals surface area contributed by atoms with Crippen molar-refractivity contribution in [2.45, 2.75) is 26.8 Å². The second-order valence-electron chi connectivity index (χ2n) is 6.94. The third-order valence-corrected chi connectivity index (χ3v) is 4.73. The lowest BCUT2D eigenvalue weighted by molar-refractivity contribution is 0.280. The average Bonchev–Trinajstić information content (AvgIpc) is 2.84. The number of halogens is 1. The Bertz CT molecular complexity index is 581. The van der Waals surface area contributed by atoms with E-state index in [1.54, 1.807) is 7.11 Å². The van der Waals surface area contributed by atoms with Crippen LogP contribution in [0, 0.1) is 6.92 Å². The zero-order valence-electron chi connectivity index (χ0n) is 17.3. The van der Waals surface area contributed by atoms with Gasteiger partial charge < -0.3 is 25.2 Å². The van der Waals surface area contributed by atoms with E-state index in [1.807, 2.05) is 0 Å². The first kappa shape index (κ1) is 24.0. The van der Waals surface area contributed by atoms with Crippen LogP contribution in [0.4, 0.5) is 0 Å². The molecule has 0 atom stereocenters. The molecule has 0 amide bonds. The Morgan fingerprint density at radius 3 is 2.74 bits per heavy atom. The second-order valence-corrected chi connectivity index (χ2v) is 6.94. The molecule has 1 heterocycles. The second kappa shape index (κ2) is 13.2. The third kappa shape index (κ3) is 8.66. The molecule has 0 bridgehead atoms. The molecule has 2 N–H and O–H groups in total. The number of nitrogens with one attached hydrogen (secondary N) is 2. The van der Waals surface area contributed by atoms with Crippen LogP contribution < -0.4 is 15.4 Å². The van der Waals surface area contributed by atoms with Gasteiger partial charge in [0.05, 0.1) is 13.7 Å². The lowest BCUT2D eigenvalue weighted by atomic mass is 10.1. The minimum atomic E-state index is 0. The number of benzene rings is 1. The smallest absolute Gasteiger partial charge is 0.191 e. The van der Waals surface area contributed by atoms with Gasteiger partial charge in [-0.05, 0) is 52.0 Å². The minimum absolute atomic E-state index is 0. The van der Waals surface area contributed by atoms with E-state index in [0.717, 1.165) is 50.0 Å². The first-order valence-electron chi connectivity index (χ1n) is 9.69. The molecule has 154 valence electrons. The van der Waals surface area contributed by atoms with E-state index in [0.29, 0.717) is 6.54 Å². The van der Waals surface area contributed by atoms with Gasteiger partial charge in [-0.25, -0.2) is 4.99 Å². The first-order valence-corrected chi connectivity index (χ1v) is 9.69. The van der Waals surface area contributed by atoms with Gasteiger partial charge in [0.1, 0.15) is 5.75 Å². The molecule has 1 fully saturated rings. The average molecular weight is 489 g/mol. The Labute approximate surface area is 181 Å². The number of likely N-dealkylation sites (N-methyl/N-ethyl adjacent to an activating group) is 1. The number of hydrogen-bond acceptors (Lipinski definition) is 4. The van der Waals surface area contributed by atoms with Gasteiger partial charge in [-0.2, -0.15) is 0 Å². The Morgan fingerprint density at radius 1 is 1.19 bits per heavy atom. The van der Waals surface area contributed by atoms with Crippen LogP contribution in [0.2, 0.25) is 0 Å². The van der Waals surface area contributed by atoms with Crippen molar-refractivity contribution in [2.24, 2.45) is 4.99 Å². The van der Waals surface area contributed by atoms with Crippen LogP contribution in [-0.4, -0.2) is 75.7 Å². The molecular formula is C20H36IN5O. The number of methoxy groups -OCH3 is 1. The van der Waals surface area contributed by atoms with E-state index in [1.165, 1.54) is 25.1 Å². The van der Waals surface area contributed by atoms with Crippen molar-refractivity contribution in [1.82, 2.24) is 20.4 Å². The highest BCUT2D eigenvalue weighted by molar-refractivity contribution is 14.0. The van der Waals surface area contributed by atoms with Gasteiger partial charge in [-0.1, -0.05) is 12.1 Å². The summed E-state index contributed by atoms with van der Waals surface area (Å²) in [6.45, 7) is 12.3. The Morgan fingerprint density at radius 2 is 2.00 bits per heavy atom. The zero-order valence-corrected chi connectivity index (χ0v) is 19.6. The van der Waals surface area contributed by atoms with Crippen LogP contribution in [-0.2, 0) is 6.54 Å². The molecule has 0 saturated carbocycles. The van der Waals surface area contributed by atoms with Gasteiger partial charge in [0.15, 0.2) is 5.96 Å². The van der Waals surface area contributed by atoms with Crippen LogP contribution in [0.25, 0.3) is 0 Å². The summed E-state index contributed by atoms with van der Waals surface area (Å²) in [5.74, 6) is 1.76. The quantitative estimate of drug-likeness (QED) is 0.350. The van der Waals surface area contributed by atoms with Crippen LogP contribution in [0.3, 0.4) is 0 Å². The fourth-order valence-electron chi connectivity index (χ4n) is 3.14. The summed E-state index contributed by atoms with van der Waals surface area (Å²) < 4.78 is 5.48. The number of hydrogen-bond donors (Lipinski definition) is 2. The first-order chi connectivity index (χ1) is 12.6. The molecule has 0 unspecified atom stereocenters. The molecule has 1 aliphatic heterocycles. The van der Waals surface area contributed by atoms with Crippen molar-refractivity contribution >= 4 is 29.9 Å². The van der Waals surface area contributed by atoms with Crippen molar-refractivity contribution in [1.29, 1.82) is 0 Å². The molecule has 7 heteroatoms. The molecule has 2 rings (SSSR count). The summed E-state index contributed by atoms with van der Waals surface area (Å²) in [5, 5.41) is 6.79. The molecule has 1 aromatic rings. The van der Waals surface area contributed by atoms with Crippen molar-refractivity contribution in [3.63, 3.8) is 0 Å². The highest BCUT2D eigenvalue weighted by Crippen LogP contribution is 2.20. The summed E-state index contributed by atoms with van der Waals surface area (Å²) in [6.07, 6.45) is 1.25. The van der Waals surface area contributed by atoms with Gasteiger partial charge in [-0.15, -0.1) is 24.0 Å². The number of aryl methyl sites for hydroxylation is 1. The minimum Gasteiger partial charge on any atom is -0.496 e. The summed E-state index contributed by atoms with van der Waals surface area (Å²) in [6, 6.07) is 6.25. The Kier molecular flexibility index (Phi) is 11.7. The fourth-order valence-corrected chi connectivity index (χ4v) is 3.14. The van der Waals surface area contributed by atoms with E-state index >= 15 is 0 Å². The Hall–Kier alpha value is -1.06. The number of aliphatic imine (C=N–C) groups is 1. The van der Waals surface area contributed by atoms with Crippen molar-refractivity contribution in [2.75, 3.05) is 60.0 Å². The molecule has 0 aliphatic carbocycles. The van der Waals surface area contributed by atoms with Crippen LogP contribution in [0.5, 0.6) is 5.75 Å². The van der Waals surface area contributed by atoms with Crippen molar-refractivity contribution in [3.8, 4) is 5.75 Å². The molecular weight excluding hydrogens is 453 g/mol. The SMILES string of the molecule is CCNC(=NCc1ccc(C)cc1OC)NCCN1CCCN(C)CC1.I. The van der Waals surface area contributed by atoms with Gasteiger partial charge in [-0.3, -0.25) is 0 Å². The maximum atomic E-state index is 5.48. The topological polar surface area (TPSA) is 52.1 Å². The molecule has 0 spiro atoms. The van der Waals surface area contributed by atoms with Gasteiger partial charge in [0.25, 0.3) is 0 Å². The van der Waals surface area contributed by atoms with Crippen molar-refractivity contribution in [3.05, 3.63) is 29.3 Å². The largest absolute Gasteiger partial charge is 0.496 e. The predicted molar refractivity (Wildman–Crippen MR) is 125 cm³/mol. The number of guanidine groups is 1. The normalized spacial score (nSPS) is 16.4. The van der Waals surface area contributed by atoms with Gasteiger partial charge >= 0.3 is 0 Å². The number of nitrogens with zero attached hydrogens (tertiary/aromatic N) is 3. The molecule has 1 saturated heterocycles. The van der Waals surface area contributed by atoms with Crippen molar-refractivity contribution < 1.29 is 4.74 Å². The molecule has 27 heavy (non-hydrogen) atoms. The molecule has 1 aliphatic rings. The van der Waals surface area contributed by atoms with Crippen LogP contribution >= 0.6 is 24.0 Å². The number of rotatable bonds is 7. The van der Waals surface area contributed by atoms with E-state index in [9.17, 15) is 0 Å². The molecule has 0 aromatic heterocycles. The lowest BCUT2D eigenvalue weighted by Crippen LogP contribution is -2.42. The standard InChI is InChI=1S/C20H35N5O.HI/c1-5-21-20(22-9-12-25-11-6-10-24(3)13-14-25)23-16-18-8-7-17(2)15-19(18)26-4;/h7-8,15H,5-6,9-14,16H2,1-4H3,(H2,21,22,23);1H. The summed E-state index contributed by atoms with van der Waals surface area (Å²) in [4.78, 5) is 9.66. The summed E-state index contributed by atoms with van der Waals surface area (Å²) >= 11 is 0. The maximum absolute atomic E-state index is 5.48. The summed E-state index contributed by atoms with van der Waals surface area (Å²) in [5.41, 5.74) is 2.30. The van der Waals surface area contributed by atoms with Crippen LogP contribution in [0.1, 0.15) is 24.5 Å². The van der Waals surface area contributed by atoms with Gasteiger partial charge in [0, 0.05) is 38.3 Å². The zero-order chi connectivity index (χ0) is 18.8. The lowest BCUT2D eigenvalue weighted by Gasteiger charge is -2.21. The molecule has 6 nitrogen and oxygen atoms in total. The van der Waals surface area contributed by atoms with E-state index in [2.05, 4.69) is 59.5 Å². The molecule has 1 aromatic carbocycles. The van der Waals surface area contributed by atoms with Crippen LogP contribution in [0.15, 0.2) is 23.2 Å². The van der Waals surface area contributed by atoms with E-state index < -0.39 is 0 Å². The third-order valence-electron chi connectivity index (χ3n) is 4.73. The highest BCUT2D eigenvalue weighted by Gasteiger charge is 2.11. The fraction of sp³-hybridized carbons (Fsp3) is 0.650. The predicted octanol–water partition coefficient (Wildman–Crippen LogP) is 2.31. The molecule has 0 radical (unpaired) electrons. The van der Waals surface area contributed by atoms with Gasteiger partial charge in [0.2, 0.25) is 0 Å². The highest BCUT2D eigenvalue weighted by atomic mass is 127.